The van der Waals surface area contributed by atoms with Gasteiger partial charge in [-0.3, -0.25) is 0 Å². The molecule has 0 radical (unpaired) electrons. The van der Waals surface area contributed by atoms with E-state index in [1.807, 2.05) is 37.3 Å². The highest BCUT2D eigenvalue weighted by atomic mass is 16.5. The largest absolute Gasteiger partial charge is 0.496 e. The summed E-state index contributed by atoms with van der Waals surface area (Å²) in [4.78, 5) is 0. The van der Waals surface area contributed by atoms with E-state index in [-0.39, 0.29) is 6.04 Å². The molecule has 1 unspecified atom stereocenters. The Morgan fingerprint density at radius 1 is 1.38 bits per heavy atom. The fraction of sp³-hybridized carbons (Fsp3) is 0.250. The van der Waals surface area contributed by atoms with Gasteiger partial charge in [-0.15, -0.1) is 0 Å². The van der Waals surface area contributed by atoms with Crippen molar-refractivity contribution in [1.82, 2.24) is 5.16 Å². The molecule has 0 aliphatic rings. The van der Waals surface area contributed by atoms with Crippen LogP contribution in [0.4, 0.5) is 0 Å². The number of nitrogens with two attached hydrogens (primary N) is 1. The van der Waals surface area contributed by atoms with Crippen LogP contribution in [0.2, 0.25) is 0 Å². The van der Waals surface area contributed by atoms with Gasteiger partial charge in [-0.2, -0.15) is 0 Å². The van der Waals surface area contributed by atoms with Crippen molar-refractivity contribution in [3.05, 3.63) is 36.1 Å². The van der Waals surface area contributed by atoms with Crippen molar-refractivity contribution >= 4 is 0 Å². The van der Waals surface area contributed by atoms with Gasteiger partial charge in [-0.25, -0.2) is 0 Å². The van der Waals surface area contributed by atoms with Crippen LogP contribution in [0, 0.1) is 0 Å². The molecule has 0 amide bonds. The number of hydrogen-bond donors (Lipinski definition) is 1. The molecule has 1 aromatic heterocycles. The zero-order valence-electron chi connectivity index (χ0n) is 9.31. The predicted octanol–water partition coefficient (Wildman–Crippen LogP) is 2.37. The average molecular weight is 218 g/mol. The van der Waals surface area contributed by atoms with E-state index in [0.29, 0.717) is 5.76 Å². The number of benzene rings is 1. The summed E-state index contributed by atoms with van der Waals surface area (Å²) in [7, 11) is 1.63. The molecule has 0 fully saturated rings. The van der Waals surface area contributed by atoms with Crippen molar-refractivity contribution in [2.45, 2.75) is 13.0 Å². The molecule has 2 aromatic rings. The van der Waals surface area contributed by atoms with Gasteiger partial charge in [0.05, 0.1) is 13.2 Å². The van der Waals surface area contributed by atoms with Gasteiger partial charge in [0, 0.05) is 11.6 Å². The minimum Gasteiger partial charge on any atom is -0.496 e. The van der Waals surface area contributed by atoms with E-state index in [4.69, 9.17) is 15.0 Å². The molecule has 0 saturated heterocycles. The molecule has 4 nitrogen and oxygen atoms in total. The molecular weight excluding hydrogens is 204 g/mol. The average Bonchev–Trinajstić information content (AvgIpc) is 2.78. The molecule has 2 N–H and O–H groups in total. The SMILES string of the molecule is COc1ccccc1-c1cc(C(C)N)on1. The van der Waals surface area contributed by atoms with Gasteiger partial charge in [0.15, 0.2) is 5.76 Å². The van der Waals surface area contributed by atoms with Crippen LogP contribution in [0.25, 0.3) is 11.3 Å². The Balaban J connectivity index is 2.42. The smallest absolute Gasteiger partial charge is 0.153 e. The van der Waals surface area contributed by atoms with Crippen molar-refractivity contribution in [2.75, 3.05) is 7.11 Å². The molecule has 0 saturated carbocycles. The Morgan fingerprint density at radius 2 is 2.12 bits per heavy atom. The van der Waals surface area contributed by atoms with Crippen molar-refractivity contribution < 1.29 is 9.26 Å². The van der Waals surface area contributed by atoms with E-state index in [0.717, 1.165) is 17.0 Å². The fourth-order valence-electron chi connectivity index (χ4n) is 1.49. The van der Waals surface area contributed by atoms with E-state index >= 15 is 0 Å². The number of ether oxygens (including phenoxy) is 1. The maximum absolute atomic E-state index is 5.71. The number of methoxy groups -OCH3 is 1. The van der Waals surface area contributed by atoms with E-state index in [2.05, 4.69) is 5.16 Å². The molecule has 84 valence electrons. The van der Waals surface area contributed by atoms with Crippen LogP contribution in [0.5, 0.6) is 5.75 Å². The quantitative estimate of drug-likeness (QED) is 0.859. The lowest BCUT2D eigenvalue weighted by molar-refractivity contribution is 0.368. The summed E-state index contributed by atoms with van der Waals surface area (Å²) in [6.45, 7) is 1.85. The molecule has 1 aromatic carbocycles. The van der Waals surface area contributed by atoms with Crippen LogP contribution in [0.1, 0.15) is 18.7 Å². The summed E-state index contributed by atoms with van der Waals surface area (Å²) >= 11 is 0. The second-order valence-corrected chi connectivity index (χ2v) is 3.60. The predicted molar refractivity (Wildman–Crippen MR) is 61.1 cm³/mol. The lowest BCUT2D eigenvalue weighted by Crippen LogP contribution is -2.02. The highest BCUT2D eigenvalue weighted by molar-refractivity contribution is 5.66. The third-order valence-electron chi connectivity index (χ3n) is 2.36. The fourth-order valence-corrected chi connectivity index (χ4v) is 1.49. The molecule has 0 aliphatic heterocycles. The van der Waals surface area contributed by atoms with Crippen LogP contribution < -0.4 is 10.5 Å². The summed E-state index contributed by atoms with van der Waals surface area (Å²) in [6.07, 6.45) is 0. The zero-order chi connectivity index (χ0) is 11.5. The lowest BCUT2D eigenvalue weighted by Gasteiger charge is -2.03. The Labute approximate surface area is 94.0 Å². The molecule has 1 heterocycles. The molecule has 16 heavy (non-hydrogen) atoms. The topological polar surface area (TPSA) is 61.3 Å². The van der Waals surface area contributed by atoms with Crippen LogP contribution >= 0.6 is 0 Å². The first-order valence-corrected chi connectivity index (χ1v) is 5.08. The van der Waals surface area contributed by atoms with Gasteiger partial charge in [0.2, 0.25) is 0 Å². The van der Waals surface area contributed by atoms with Crippen LogP contribution in [0.3, 0.4) is 0 Å². The van der Waals surface area contributed by atoms with E-state index in [1.54, 1.807) is 7.11 Å². The molecule has 0 aliphatic carbocycles. The second-order valence-electron chi connectivity index (χ2n) is 3.60. The standard InChI is InChI=1S/C12H14N2O2/c1-8(13)12-7-10(14-16-12)9-5-3-4-6-11(9)15-2/h3-8H,13H2,1-2H3. The minimum atomic E-state index is -0.157. The molecular formula is C12H14N2O2. The number of nitrogens with zero attached hydrogens (tertiary/aromatic N) is 1. The Morgan fingerprint density at radius 3 is 2.75 bits per heavy atom. The summed E-state index contributed by atoms with van der Waals surface area (Å²) in [5.41, 5.74) is 7.35. The molecule has 2 rings (SSSR count). The Hall–Kier alpha value is -1.81. The molecule has 1 atom stereocenters. The van der Waals surface area contributed by atoms with Crippen molar-refractivity contribution in [1.29, 1.82) is 0 Å². The van der Waals surface area contributed by atoms with Gasteiger partial charge in [-0.1, -0.05) is 17.3 Å². The minimum absolute atomic E-state index is 0.157. The van der Waals surface area contributed by atoms with E-state index in [9.17, 15) is 0 Å². The van der Waals surface area contributed by atoms with Crippen LogP contribution in [-0.4, -0.2) is 12.3 Å². The molecule has 0 bridgehead atoms. The number of rotatable bonds is 3. The van der Waals surface area contributed by atoms with Crippen molar-refractivity contribution in [3.63, 3.8) is 0 Å². The van der Waals surface area contributed by atoms with Crippen LogP contribution in [-0.2, 0) is 0 Å². The summed E-state index contributed by atoms with van der Waals surface area (Å²) < 4.78 is 10.4. The summed E-state index contributed by atoms with van der Waals surface area (Å²) in [5, 5.41) is 3.98. The first kappa shape index (κ1) is 10.7. The first-order chi connectivity index (χ1) is 7.72. The molecule has 0 spiro atoms. The first-order valence-electron chi connectivity index (χ1n) is 5.08. The third kappa shape index (κ3) is 1.92. The van der Waals surface area contributed by atoms with Crippen LogP contribution in [0.15, 0.2) is 34.9 Å². The highest BCUT2D eigenvalue weighted by Gasteiger charge is 2.12. The molecule has 4 heteroatoms. The van der Waals surface area contributed by atoms with E-state index < -0.39 is 0 Å². The third-order valence-corrected chi connectivity index (χ3v) is 2.36. The van der Waals surface area contributed by atoms with Gasteiger partial charge in [0.25, 0.3) is 0 Å². The Kier molecular flexibility index (Phi) is 2.92. The zero-order valence-corrected chi connectivity index (χ0v) is 9.31. The summed E-state index contributed by atoms with van der Waals surface area (Å²) in [5.74, 6) is 1.44. The van der Waals surface area contributed by atoms with Gasteiger partial charge < -0.3 is 15.0 Å². The Bertz CT molecular complexity index is 477. The van der Waals surface area contributed by atoms with Crippen molar-refractivity contribution in [3.8, 4) is 17.0 Å². The van der Waals surface area contributed by atoms with Gasteiger partial charge in [0.1, 0.15) is 11.4 Å². The maximum Gasteiger partial charge on any atom is 0.153 e. The number of aromatic nitrogens is 1. The number of hydrogen-bond acceptors (Lipinski definition) is 4. The van der Waals surface area contributed by atoms with Gasteiger partial charge >= 0.3 is 0 Å². The monoisotopic (exact) mass is 218 g/mol. The normalized spacial score (nSPS) is 12.4. The van der Waals surface area contributed by atoms with Crippen molar-refractivity contribution in [2.24, 2.45) is 5.73 Å². The maximum atomic E-state index is 5.71. The van der Waals surface area contributed by atoms with Gasteiger partial charge in [-0.05, 0) is 19.1 Å². The second kappa shape index (κ2) is 4.37. The highest BCUT2D eigenvalue weighted by Crippen LogP contribution is 2.29. The number of para-hydroxylation sites is 1. The lowest BCUT2D eigenvalue weighted by atomic mass is 10.1. The van der Waals surface area contributed by atoms with E-state index in [1.165, 1.54) is 0 Å². The summed E-state index contributed by atoms with van der Waals surface area (Å²) in [6, 6.07) is 9.34.